The number of methoxy groups -OCH3 is 1. The summed E-state index contributed by atoms with van der Waals surface area (Å²) in [5, 5.41) is 0. The molecule has 0 unspecified atom stereocenters. The number of piperidine rings is 1. The number of amides is 1. The Morgan fingerprint density at radius 3 is 2.46 bits per heavy atom. The number of benzene rings is 1. The molecule has 6 nitrogen and oxygen atoms in total. The van der Waals surface area contributed by atoms with Gasteiger partial charge in [0.25, 0.3) is 0 Å². The van der Waals surface area contributed by atoms with Gasteiger partial charge in [0.1, 0.15) is 11.4 Å². The van der Waals surface area contributed by atoms with Gasteiger partial charge in [0.05, 0.1) is 23.8 Å². The summed E-state index contributed by atoms with van der Waals surface area (Å²) in [6.07, 6.45) is 1.45. The van der Waals surface area contributed by atoms with Gasteiger partial charge in [-0.2, -0.15) is 0 Å². The molecule has 0 N–H and O–H groups in total. The third-order valence-electron chi connectivity index (χ3n) is 4.09. The van der Waals surface area contributed by atoms with Gasteiger partial charge in [0, 0.05) is 13.1 Å². The van der Waals surface area contributed by atoms with Crippen molar-refractivity contribution in [2.75, 3.05) is 26.8 Å². The van der Waals surface area contributed by atoms with Crippen LogP contribution in [0.5, 0.6) is 5.75 Å². The van der Waals surface area contributed by atoms with E-state index in [2.05, 4.69) is 15.9 Å². The number of nitrogens with zero attached hydrogens (tertiary/aromatic N) is 1. The zero-order chi connectivity index (χ0) is 19.3. The Balaban J connectivity index is 1.85. The van der Waals surface area contributed by atoms with Crippen molar-refractivity contribution >= 4 is 28.0 Å². The van der Waals surface area contributed by atoms with E-state index < -0.39 is 11.6 Å². The van der Waals surface area contributed by atoms with Crippen LogP contribution in [0.25, 0.3) is 0 Å². The monoisotopic (exact) mass is 427 g/mol. The highest BCUT2D eigenvalue weighted by Gasteiger charge is 2.27. The molecule has 1 aliphatic heterocycles. The Morgan fingerprint density at radius 1 is 1.23 bits per heavy atom. The fourth-order valence-electron chi connectivity index (χ4n) is 2.68. The summed E-state index contributed by atoms with van der Waals surface area (Å²) in [5.74, 6) is 0.567. The maximum absolute atomic E-state index is 12.1. The Morgan fingerprint density at radius 2 is 1.88 bits per heavy atom. The number of hydrogen-bond donors (Lipinski definition) is 0. The fourth-order valence-corrected chi connectivity index (χ4v) is 3.04. The second kappa shape index (κ2) is 8.75. The summed E-state index contributed by atoms with van der Waals surface area (Å²) in [4.78, 5) is 25.5. The molecular weight excluding hydrogens is 402 g/mol. The first-order chi connectivity index (χ1) is 12.2. The maximum atomic E-state index is 12.1. The van der Waals surface area contributed by atoms with Gasteiger partial charge in [-0.25, -0.2) is 9.59 Å². The number of carbonyl (C=O) groups is 2. The first kappa shape index (κ1) is 20.6. The number of esters is 1. The molecule has 0 spiro atoms. The lowest BCUT2D eigenvalue weighted by atomic mass is 9.98. The Hall–Kier alpha value is -1.76. The number of hydrogen-bond acceptors (Lipinski definition) is 5. The summed E-state index contributed by atoms with van der Waals surface area (Å²) in [6, 6.07) is 5.13. The van der Waals surface area contributed by atoms with Crippen LogP contribution in [-0.2, 0) is 9.47 Å². The average Bonchev–Trinajstić information content (AvgIpc) is 2.59. The molecule has 1 amide bonds. The highest BCUT2D eigenvalue weighted by atomic mass is 79.9. The van der Waals surface area contributed by atoms with E-state index in [0.29, 0.717) is 36.9 Å². The summed E-state index contributed by atoms with van der Waals surface area (Å²) >= 11 is 3.44. The van der Waals surface area contributed by atoms with Crippen LogP contribution in [0.1, 0.15) is 44.0 Å². The summed E-state index contributed by atoms with van der Waals surface area (Å²) < 4.78 is 16.8. The van der Waals surface area contributed by atoms with E-state index >= 15 is 0 Å². The standard InChI is InChI=1S/C19H26BrNO5/c1-19(2,3)26-18(23)21-9-7-13(8-10-21)12-25-16-11-14(17(22)24-4)5-6-15(16)20/h5-6,11,13H,7-10,12H2,1-4H3. The van der Waals surface area contributed by atoms with E-state index in [4.69, 9.17) is 14.2 Å². The molecule has 0 radical (unpaired) electrons. The lowest BCUT2D eigenvalue weighted by molar-refractivity contribution is 0.0164. The van der Waals surface area contributed by atoms with Crippen LogP contribution in [0.15, 0.2) is 22.7 Å². The van der Waals surface area contributed by atoms with Crippen LogP contribution in [0.2, 0.25) is 0 Å². The maximum Gasteiger partial charge on any atom is 0.410 e. The minimum absolute atomic E-state index is 0.259. The van der Waals surface area contributed by atoms with Gasteiger partial charge in [-0.1, -0.05) is 0 Å². The summed E-state index contributed by atoms with van der Waals surface area (Å²) in [6.45, 7) is 7.45. The van der Waals surface area contributed by atoms with Crippen molar-refractivity contribution < 1.29 is 23.8 Å². The Labute approximate surface area is 162 Å². The number of carbonyl (C=O) groups excluding carboxylic acids is 2. The van der Waals surface area contributed by atoms with Gasteiger partial charge in [-0.15, -0.1) is 0 Å². The molecule has 0 saturated carbocycles. The Bertz CT molecular complexity index is 648. The average molecular weight is 428 g/mol. The van der Waals surface area contributed by atoms with Crippen molar-refractivity contribution in [1.82, 2.24) is 4.90 Å². The second-order valence-electron chi connectivity index (χ2n) is 7.36. The zero-order valence-corrected chi connectivity index (χ0v) is 17.3. The van der Waals surface area contributed by atoms with E-state index in [1.807, 2.05) is 20.8 Å². The third kappa shape index (κ3) is 5.90. The molecule has 1 heterocycles. The molecule has 1 aromatic carbocycles. The second-order valence-corrected chi connectivity index (χ2v) is 8.21. The molecule has 26 heavy (non-hydrogen) atoms. The number of halogens is 1. The topological polar surface area (TPSA) is 65.1 Å². The SMILES string of the molecule is COC(=O)c1ccc(Br)c(OCC2CCN(C(=O)OC(C)(C)C)CC2)c1. The highest BCUT2D eigenvalue weighted by Crippen LogP contribution is 2.28. The minimum Gasteiger partial charge on any atom is -0.492 e. The van der Waals surface area contributed by atoms with Crippen LogP contribution in [0, 0.1) is 5.92 Å². The number of rotatable bonds is 4. The fraction of sp³-hybridized carbons (Fsp3) is 0.579. The molecule has 1 fully saturated rings. The van der Waals surface area contributed by atoms with Gasteiger partial charge in [0.15, 0.2) is 0 Å². The lowest BCUT2D eigenvalue weighted by Gasteiger charge is -2.33. The highest BCUT2D eigenvalue weighted by molar-refractivity contribution is 9.10. The van der Waals surface area contributed by atoms with Crippen molar-refractivity contribution in [3.63, 3.8) is 0 Å². The molecule has 0 aliphatic carbocycles. The molecule has 0 atom stereocenters. The van der Waals surface area contributed by atoms with Gasteiger partial charge >= 0.3 is 12.1 Å². The van der Waals surface area contributed by atoms with E-state index in [9.17, 15) is 9.59 Å². The molecule has 1 aliphatic rings. The molecule has 7 heteroatoms. The normalized spacial score (nSPS) is 15.5. The van der Waals surface area contributed by atoms with Gasteiger partial charge in [-0.05, 0) is 73.7 Å². The molecule has 2 rings (SSSR count). The van der Waals surface area contributed by atoms with Crippen molar-refractivity contribution in [1.29, 1.82) is 0 Å². The van der Waals surface area contributed by atoms with Gasteiger partial charge in [-0.3, -0.25) is 0 Å². The van der Waals surface area contributed by atoms with E-state index in [0.717, 1.165) is 17.3 Å². The number of ether oxygens (including phenoxy) is 3. The van der Waals surface area contributed by atoms with Crippen molar-refractivity contribution in [3.8, 4) is 5.75 Å². The largest absolute Gasteiger partial charge is 0.492 e. The van der Waals surface area contributed by atoms with E-state index in [-0.39, 0.29) is 6.09 Å². The Kier molecular flexibility index (Phi) is 6.92. The van der Waals surface area contributed by atoms with Crippen LogP contribution >= 0.6 is 15.9 Å². The van der Waals surface area contributed by atoms with Gasteiger partial charge < -0.3 is 19.1 Å². The predicted octanol–water partition coefficient (Wildman–Crippen LogP) is 4.26. The quantitative estimate of drug-likeness (QED) is 0.671. The zero-order valence-electron chi connectivity index (χ0n) is 15.7. The van der Waals surface area contributed by atoms with Crippen molar-refractivity contribution in [2.45, 2.75) is 39.2 Å². The van der Waals surface area contributed by atoms with Crippen molar-refractivity contribution in [2.24, 2.45) is 5.92 Å². The third-order valence-corrected chi connectivity index (χ3v) is 4.75. The molecular formula is C19H26BrNO5. The van der Waals surface area contributed by atoms with Crippen molar-refractivity contribution in [3.05, 3.63) is 28.2 Å². The summed E-state index contributed by atoms with van der Waals surface area (Å²) in [5.41, 5.74) is -0.0287. The van der Waals surface area contributed by atoms with E-state index in [1.54, 1.807) is 23.1 Å². The molecule has 1 saturated heterocycles. The first-order valence-electron chi connectivity index (χ1n) is 8.68. The predicted molar refractivity (Wildman–Crippen MR) is 102 cm³/mol. The van der Waals surface area contributed by atoms with E-state index in [1.165, 1.54) is 7.11 Å². The molecule has 0 bridgehead atoms. The summed E-state index contributed by atoms with van der Waals surface area (Å²) in [7, 11) is 1.35. The first-order valence-corrected chi connectivity index (χ1v) is 9.47. The smallest absolute Gasteiger partial charge is 0.410 e. The number of likely N-dealkylation sites (tertiary alicyclic amines) is 1. The lowest BCUT2D eigenvalue weighted by Crippen LogP contribution is -2.42. The van der Waals surface area contributed by atoms with Crippen LogP contribution in [-0.4, -0.2) is 49.4 Å². The van der Waals surface area contributed by atoms with Crippen LogP contribution in [0.3, 0.4) is 0 Å². The van der Waals surface area contributed by atoms with Gasteiger partial charge in [0.2, 0.25) is 0 Å². The van der Waals surface area contributed by atoms with Crippen LogP contribution < -0.4 is 4.74 Å². The molecule has 144 valence electrons. The van der Waals surface area contributed by atoms with Crippen LogP contribution in [0.4, 0.5) is 4.79 Å². The molecule has 0 aromatic heterocycles. The minimum atomic E-state index is -0.478. The molecule has 1 aromatic rings.